The fourth-order valence-corrected chi connectivity index (χ4v) is 1.61. The van der Waals surface area contributed by atoms with Crippen molar-refractivity contribution in [1.29, 1.82) is 0 Å². The fourth-order valence-electron chi connectivity index (χ4n) is 0.961. The van der Waals surface area contributed by atoms with Gasteiger partial charge in [0.1, 0.15) is 11.4 Å². The Labute approximate surface area is 85.3 Å². The van der Waals surface area contributed by atoms with Gasteiger partial charge in [-0.15, -0.1) is 11.3 Å². The zero-order valence-electron chi connectivity index (χ0n) is 7.69. The number of nitrogens with two attached hydrogens (primary N) is 1. The number of rotatable bonds is 4. The summed E-state index contributed by atoms with van der Waals surface area (Å²) in [5, 5.41) is 5.26. The molecule has 1 aromatic rings. The molecule has 0 aliphatic carbocycles. The first-order valence-corrected chi connectivity index (χ1v) is 4.94. The molecular formula is C8H11N3O2S. The Bertz CT molecular complexity index is 323. The van der Waals surface area contributed by atoms with E-state index in [4.69, 9.17) is 5.73 Å². The van der Waals surface area contributed by atoms with Crippen LogP contribution in [0.4, 0.5) is 0 Å². The summed E-state index contributed by atoms with van der Waals surface area (Å²) in [6, 6.07) is -0.179. The Morgan fingerprint density at radius 1 is 1.71 bits per heavy atom. The highest BCUT2D eigenvalue weighted by Crippen LogP contribution is 2.14. The zero-order valence-corrected chi connectivity index (χ0v) is 8.50. The molecule has 0 saturated heterocycles. The molecule has 0 fully saturated rings. The maximum absolute atomic E-state index is 11.1. The van der Waals surface area contributed by atoms with Crippen molar-refractivity contribution in [2.75, 3.05) is 0 Å². The van der Waals surface area contributed by atoms with Crippen LogP contribution in [0.5, 0.6) is 0 Å². The normalized spacial score (nSPS) is 12.1. The lowest BCUT2D eigenvalue weighted by Crippen LogP contribution is -2.30. The highest BCUT2D eigenvalue weighted by atomic mass is 32.1. The Balaban J connectivity index is 2.45. The molecule has 0 saturated carbocycles. The van der Waals surface area contributed by atoms with E-state index < -0.39 is 5.91 Å². The van der Waals surface area contributed by atoms with Crippen LogP contribution in [0.3, 0.4) is 0 Å². The molecule has 1 atom stereocenters. The number of carbonyl (C=O) groups excluding carboxylic acids is 2. The number of carbonyl (C=O) groups is 2. The van der Waals surface area contributed by atoms with Crippen LogP contribution in [0.25, 0.3) is 0 Å². The molecule has 0 aromatic carbocycles. The Morgan fingerprint density at radius 3 is 2.93 bits per heavy atom. The minimum atomic E-state index is -0.631. The van der Waals surface area contributed by atoms with Crippen LogP contribution >= 0.6 is 11.3 Å². The third-order valence-electron chi connectivity index (χ3n) is 1.53. The quantitative estimate of drug-likeness (QED) is 0.700. The molecule has 6 heteroatoms. The Morgan fingerprint density at radius 2 is 2.43 bits per heavy atom. The number of hydrogen-bond donors (Lipinski definition) is 2. The van der Waals surface area contributed by atoms with Gasteiger partial charge in [-0.1, -0.05) is 0 Å². The van der Waals surface area contributed by atoms with E-state index in [1.54, 1.807) is 13.1 Å². The number of primary amides is 1. The lowest BCUT2D eigenvalue weighted by atomic mass is 10.3. The first-order chi connectivity index (χ1) is 6.59. The van der Waals surface area contributed by atoms with E-state index in [9.17, 15) is 9.59 Å². The van der Waals surface area contributed by atoms with E-state index in [2.05, 4.69) is 10.3 Å². The molecule has 0 spiro atoms. The van der Waals surface area contributed by atoms with Gasteiger partial charge in [0, 0.05) is 11.6 Å². The van der Waals surface area contributed by atoms with Gasteiger partial charge in [0.25, 0.3) is 0 Å². The summed E-state index contributed by atoms with van der Waals surface area (Å²) in [6.07, 6.45) is 1.38. The van der Waals surface area contributed by atoms with Crippen molar-refractivity contribution in [3.05, 3.63) is 16.6 Å². The second-order valence-electron chi connectivity index (χ2n) is 2.80. The third-order valence-corrected chi connectivity index (χ3v) is 2.49. The summed E-state index contributed by atoms with van der Waals surface area (Å²) in [4.78, 5) is 25.6. The molecule has 1 rings (SSSR count). The molecule has 0 aliphatic rings. The third kappa shape index (κ3) is 3.14. The Kier molecular flexibility index (Phi) is 3.58. The monoisotopic (exact) mass is 213 g/mol. The van der Waals surface area contributed by atoms with Crippen LogP contribution in [0.2, 0.25) is 0 Å². The van der Waals surface area contributed by atoms with Crippen molar-refractivity contribution in [3.63, 3.8) is 0 Å². The largest absolute Gasteiger partial charge is 0.369 e. The summed E-state index contributed by atoms with van der Waals surface area (Å²) in [5.41, 5.74) is 4.87. The van der Waals surface area contributed by atoms with Gasteiger partial charge < -0.3 is 11.1 Å². The number of aromatic nitrogens is 1. The highest BCUT2D eigenvalue weighted by Gasteiger charge is 2.12. The van der Waals surface area contributed by atoms with Crippen LogP contribution in [0, 0.1) is 0 Å². The topological polar surface area (TPSA) is 85.1 Å². The predicted molar refractivity (Wildman–Crippen MR) is 52.5 cm³/mol. The molecule has 0 radical (unpaired) electrons. The van der Waals surface area contributed by atoms with Crippen LogP contribution < -0.4 is 11.1 Å². The number of hydrogen-bond acceptors (Lipinski definition) is 4. The standard InChI is InChI=1S/C8H11N3O2S/c1-5(8-10-2-3-14-8)11-7(13)4-6(9)12/h2-3,5H,4H2,1H3,(H2,9,12)(H,11,13)/t5-/m0/s1. The lowest BCUT2D eigenvalue weighted by molar-refractivity contribution is -0.128. The van der Waals surface area contributed by atoms with E-state index in [-0.39, 0.29) is 18.4 Å². The van der Waals surface area contributed by atoms with Gasteiger partial charge in [0.05, 0.1) is 6.04 Å². The maximum Gasteiger partial charge on any atom is 0.229 e. The van der Waals surface area contributed by atoms with Gasteiger partial charge >= 0.3 is 0 Å². The van der Waals surface area contributed by atoms with Gasteiger partial charge in [-0.2, -0.15) is 0 Å². The van der Waals surface area contributed by atoms with Crippen molar-refractivity contribution in [2.24, 2.45) is 5.73 Å². The summed E-state index contributed by atoms with van der Waals surface area (Å²) in [6.45, 7) is 1.80. The summed E-state index contributed by atoms with van der Waals surface area (Å²) in [5.74, 6) is -1.01. The van der Waals surface area contributed by atoms with Gasteiger partial charge in [-0.3, -0.25) is 9.59 Å². The van der Waals surface area contributed by atoms with Gasteiger partial charge in [-0.25, -0.2) is 4.98 Å². The average Bonchev–Trinajstić information content (AvgIpc) is 2.53. The maximum atomic E-state index is 11.1. The molecule has 5 nitrogen and oxygen atoms in total. The van der Waals surface area contributed by atoms with Crippen molar-refractivity contribution >= 4 is 23.2 Å². The number of nitrogens with one attached hydrogen (secondary N) is 1. The first kappa shape index (κ1) is 10.6. The molecule has 76 valence electrons. The van der Waals surface area contributed by atoms with Crippen LogP contribution in [-0.4, -0.2) is 16.8 Å². The van der Waals surface area contributed by atoms with Gasteiger partial charge in [0.15, 0.2) is 0 Å². The minimum absolute atomic E-state index is 0.179. The first-order valence-electron chi connectivity index (χ1n) is 4.06. The molecule has 3 N–H and O–H groups in total. The highest BCUT2D eigenvalue weighted by molar-refractivity contribution is 7.09. The van der Waals surface area contributed by atoms with Crippen LogP contribution in [-0.2, 0) is 9.59 Å². The van der Waals surface area contributed by atoms with E-state index >= 15 is 0 Å². The van der Waals surface area contributed by atoms with Crippen molar-refractivity contribution < 1.29 is 9.59 Å². The second kappa shape index (κ2) is 4.71. The van der Waals surface area contributed by atoms with Crippen molar-refractivity contribution in [3.8, 4) is 0 Å². The summed E-state index contributed by atoms with van der Waals surface area (Å²) < 4.78 is 0. The molecule has 1 aromatic heterocycles. The smallest absolute Gasteiger partial charge is 0.229 e. The molecule has 14 heavy (non-hydrogen) atoms. The minimum Gasteiger partial charge on any atom is -0.369 e. The molecule has 0 unspecified atom stereocenters. The average molecular weight is 213 g/mol. The van der Waals surface area contributed by atoms with E-state index in [1.807, 2.05) is 5.38 Å². The Hall–Kier alpha value is -1.43. The fraction of sp³-hybridized carbons (Fsp3) is 0.375. The molecule has 0 bridgehead atoms. The SMILES string of the molecule is C[C@H](NC(=O)CC(N)=O)c1nccs1. The van der Waals surface area contributed by atoms with Gasteiger partial charge in [-0.05, 0) is 6.92 Å². The summed E-state index contributed by atoms with van der Waals surface area (Å²) in [7, 11) is 0. The second-order valence-corrected chi connectivity index (χ2v) is 3.73. The summed E-state index contributed by atoms with van der Waals surface area (Å²) >= 11 is 1.45. The number of amides is 2. The van der Waals surface area contributed by atoms with Crippen LogP contribution in [0.15, 0.2) is 11.6 Å². The van der Waals surface area contributed by atoms with E-state index in [1.165, 1.54) is 11.3 Å². The predicted octanol–water partition coefficient (Wildman–Crippen LogP) is 0.196. The van der Waals surface area contributed by atoms with Crippen molar-refractivity contribution in [2.45, 2.75) is 19.4 Å². The molecule has 0 aliphatic heterocycles. The van der Waals surface area contributed by atoms with E-state index in [0.717, 1.165) is 5.01 Å². The van der Waals surface area contributed by atoms with Crippen LogP contribution in [0.1, 0.15) is 24.4 Å². The number of nitrogens with zero attached hydrogens (tertiary/aromatic N) is 1. The number of thiazole rings is 1. The molecular weight excluding hydrogens is 202 g/mol. The molecule has 2 amide bonds. The van der Waals surface area contributed by atoms with Gasteiger partial charge in [0.2, 0.25) is 11.8 Å². The van der Waals surface area contributed by atoms with Crippen molar-refractivity contribution in [1.82, 2.24) is 10.3 Å². The molecule has 1 heterocycles. The lowest BCUT2D eigenvalue weighted by Gasteiger charge is -2.09. The zero-order chi connectivity index (χ0) is 10.6. The van der Waals surface area contributed by atoms with E-state index in [0.29, 0.717) is 0 Å².